The molecule has 0 atom stereocenters. The average Bonchev–Trinajstić information content (AvgIpc) is 3.12. The van der Waals surface area contributed by atoms with Gasteiger partial charge in [-0.25, -0.2) is 4.98 Å². The molecule has 0 fully saturated rings. The van der Waals surface area contributed by atoms with E-state index in [4.69, 9.17) is 4.98 Å². The van der Waals surface area contributed by atoms with Gasteiger partial charge >= 0.3 is 0 Å². The van der Waals surface area contributed by atoms with Crippen LogP contribution in [-0.2, 0) is 0 Å². The van der Waals surface area contributed by atoms with Crippen molar-refractivity contribution >= 4 is 22.4 Å². The van der Waals surface area contributed by atoms with E-state index in [2.05, 4.69) is 34.3 Å². The zero-order valence-corrected chi connectivity index (χ0v) is 17.2. The summed E-state index contributed by atoms with van der Waals surface area (Å²) >= 11 is 1.46. The SMILES string of the molecule is Cc1cccc(-c2nc(NC(=O)c3cccnc3C)sc2-c2ccnc(C)c2)c1. The molecule has 144 valence electrons. The molecule has 0 aliphatic rings. The molecule has 0 bridgehead atoms. The molecule has 0 aliphatic heterocycles. The van der Waals surface area contributed by atoms with Gasteiger partial charge in [0.15, 0.2) is 5.13 Å². The van der Waals surface area contributed by atoms with E-state index in [1.807, 2.05) is 38.1 Å². The minimum Gasteiger partial charge on any atom is -0.298 e. The van der Waals surface area contributed by atoms with Gasteiger partial charge in [-0.2, -0.15) is 0 Å². The number of aryl methyl sites for hydroxylation is 3. The van der Waals surface area contributed by atoms with Crippen molar-refractivity contribution in [3.63, 3.8) is 0 Å². The highest BCUT2D eigenvalue weighted by atomic mass is 32.1. The molecular formula is C23H20N4OS. The summed E-state index contributed by atoms with van der Waals surface area (Å²) in [6.07, 6.45) is 3.47. The molecule has 1 N–H and O–H groups in total. The first kappa shape index (κ1) is 19.0. The number of amides is 1. The summed E-state index contributed by atoms with van der Waals surface area (Å²) < 4.78 is 0. The normalized spacial score (nSPS) is 10.7. The van der Waals surface area contributed by atoms with Crippen molar-refractivity contribution in [2.24, 2.45) is 0 Å². The molecule has 29 heavy (non-hydrogen) atoms. The highest BCUT2D eigenvalue weighted by Crippen LogP contribution is 2.39. The van der Waals surface area contributed by atoms with Crippen LogP contribution in [0.3, 0.4) is 0 Å². The van der Waals surface area contributed by atoms with E-state index in [0.717, 1.165) is 33.0 Å². The Balaban J connectivity index is 1.77. The first-order chi connectivity index (χ1) is 14.0. The quantitative estimate of drug-likeness (QED) is 0.495. The van der Waals surface area contributed by atoms with Crippen LogP contribution in [0.25, 0.3) is 21.7 Å². The van der Waals surface area contributed by atoms with Crippen molar-refractivity contribution < 1.29 is 4.79 Å². The molecule has 0 saturated heterocycles. The minimum absolute atomic E-state index is 0.211. The maximum absolute atomic E-state index is 12.7. The Hall–Kier alpha value is -3.38. The molecule has 0 radical (unpaired) electrons. The summed E-state index contributed by atoms with van der Waals surface area (Å²) in [4.78, 5) is 27.0. The maximum Gasteiger partial charge on any atom is 0.259 e. The van der Waals surface area contributed by atoms with Crippen LogP contribution in [0.5, 0.6) is 0 Å². The Morgan fingerprint density at radius 3 is 2.55 bits per heavy atom. The van der Waals surface area contributed by atoms with Crippen LogP contribution >= 0.6 is 11.3 Å². The summed E-state index contributed by atoms with van der Waals surface area (Å²) in [7, 11) is 0. The standard InChI is InChI=1S/C23H20N4OS/c1-14-6-4-7-17(12-14)20-21(18-9-11-24-15(2)13-18)29-23(26-20)27-22(28)19-8-5-10-25-16(19)3/h4-13H,1-3H3,(H,26,27,28). The lowest BCUT2D eigenvalue weighted by molar-refractivity contribution is 0.102. The number of rotatable bonds is 4. The number of benzene rings is 1. The van der Waals surface area contributed by atoms with E-state index < -0.39 is 0 Å². The average molecular weight is 401 g/mol. The molecule has 0 unspecified atom stereocenters. The smallest absolute Gasteiger partial charge is 0.259 e. The molecule has 4 rings (SSSR count). The second-order valence-corrected chi connectivity index (χ2v) is 7.84. The van der Waals surface area contributed by atoms with Gasteiger partial charge in [-0.1, -0.05) is 35.1 Å². The second kappa shape index (κ2) is 7.93. The minimum atomic E-state index is -0.211. The van der Waals surface area contributed by atoms with Gasteiger partial charge in [-0.05, 0) is 56.7 Å². The van der Waals surface area contributed by atoms with Crippen molar-refractivity contribution in [3.05, 3.63) is 83.4 Å². The number of anilines is 1. The topological polar surface area (TPSA) is 67.8 Å². The number of carbonyl (C=O) groups is 1. The van der Waals surface area contributed by atoms with Crippen LogP contribution in [0.15, 0.2) is 60.9 Å². The fraction of sp³-hybridized carbons (Fsp3) is 0.130. The van der Waals surface area contributed by atoms with Crippen LogP contribution in [0, 0.1) is 20.8 Å². The summed E-state index contributed by atoms with van der Waals surface area (Å²) in [6.45, 7) is 5.84. The van der Waals surface area contributed by atoms with Crippen LogP contribution < -0.4 is 5.32 Å². The van der Waals surface area contributed by atoms with Crippen molar-refractivity contribution in [3.8, 4) is 21.7 Å². The van der Waals surface area contributed by atoms with Gasteiger partial charge in [0.1, 0.15) is 0 Å². The Kier molecular flexibility index (Phi) is 5.18. The number of thiazole rings is 1. The third kappa shape index (κ3) is 4.07. The lowest BCUT2D eigenvalue weighted by Crippen LogP contribution is -2.13. The molecule has 0 aliphatic carbocycles. The van der Waals surface area contributed by atoms with Crippen molar-refractivity contribution in [1.82, 2.24) is 15.0 Å². The lowest BCUT2D eigenvalue weighted by atomic mass is 10.1. The molecular weight excluding hydrogens is 380 g/mol. The molecule has 4 aromatic rings. The van der Waals surface area contributed by atoms with E-state index in [1.54, 1.807) is 24.5 Å². The Bertz CT molecular complexity index is 1140. The van der Waals surface area contributed by atoms with Gasteiger partial charge in [-0.3, -0.25) is 20.1 Å². The summed E-state index contributed by atoms with van der Waals surface area (Å²) in [6, 6.07) is 15.7. The fourth-order valence-corrected chi connectivity index (χ4v) is 4.11. The van der Waals surface area contributed by atoms with Gasteiger partial charge in [0.05, 0.1) is 16.1 Å². The molecule has 6 heteroatoms. The number of nitrogens with zero attached hydrogens (tertiary/aromatic N) is 3. The van der Waals surface area contributed by atoms with Crippen molar-refractivity contribution in [2.75, 3.05) is 5.32 Å². The highest BCUT2D eigenvalue weighted by molar-refractivity contribution is 7.19. The van der Waals surface area contributed by atoms with E-state index in [-0.39, 0.29) is 5.91 Å². The number of pyridine rings is 2. The Morgan fingerprint density at radius 1 is 0.931 bits per heavy atom. The monoisotopic (exact) mass is 400 g/mol. The Morgan fingerprint density at radius 2 is 1.79 bits per heavy atom. The van der Waals surface area contributed by atoms with Crippen LogP contribution in [0.1, 0.15) is 27.3 Å². The Labute approximate surface area is 173 Å². The number of carbonyl (C=O) groups excluding carboxylic acids is 1. The van der Waals surface area contributed by atoms with Gasteiger partial charge in [0.2, 0.25) is 0 Å². The largest absolute Gasteiger partial charge is 0.298 e. The third-order valence-corrected chi connectivity index (χ3v) is 5.57. The molecule has 1 aromatic carbocycles. The van der Waals surface area contributed by atoms with Crippen LogP contribution in [0.2, 0.25) is 0 Å². The first-order valence-corrected chi connectivity index (χ1v) is 10.1. The number of hydrogen-bond acceptors (Lipinski definition) is 5. The fourth-order valence-electron chi connectivity index (χ4n) is 3.13. The van der Waals surface area contributed by atoms with Crippen molar-refractivity contribution in [2.45, 2.75) is 20.8 Å². The predicted molar refractivity (Wildman–Crippen MR) is 117 cm³/mol. The number of hydrogen-bond donors (Lipinski definition) is 1. The van der Waals surface area contributed by atoms with Crippen LogP contribution in [-0.4, -0.2) is 20.9 Å². The molecule has 1 amide bonds. The zero-order valence-electron chi connectivity index (χ0n) is 16.4. The molecule has 0 spiro atoms. The highest BCUT2D eigenvalue weighted by Gasteiger charge is 2.18. The number of aromatic nitrogens is 3. The predicted octanol–water partition coefficient (Wildman–Crippen LogP) is 5.44. The lowest BCUT2D eigenvalue weighted by Gasteiger charge is -2.04. The van der Waals surface area contributed by atoms with Gasteiger partial charge < -0.3 is 0 Å². The molecule has 0 saturated carbocycles. The summed E-state index contributed by atoms with van der Waals surface area (Å²) in [5.41, 5.74) is 6.22. The van der Waals surface area contributed by atoms with E-state index in [1.165, 1.54) is 11.3 Å². The van der Waals surface area contributed by atoms with E-state index >= 15 is 0 Å². The maximum atomic E-state index is 12.7. The van der Waals surface area contributed by atoms with Gasteiger partial charge in [0.25, 0.3) is 5.91 Å². The van der Waals surface area contributed by atoms with E-state index in [9.17, 15) is 4.79 Å². The molecule has 3 heterocycles. The third-order valence-electron chi connectivity index (χ3n) is 4.55. The first-order valence-electron chi connectivity index (χ1n) is 9.25. The van der Waals surface area contributed by atoms with Gasteiger partial charge in [0, 0.05) is 29.3 Å². The summed E-state index contributed by atoms with van der Waals surface area (Å²) in [5, 5.41) is 3.50. The number of nitrogens with one attached hydrogen (secondary N) is 1. The zero-order chi connectivity index (χ0) is 20.4. The van der Waals surface area contributed by atoms with Crippen molar-refractivity contribution in [1.29, 1.82) is 0 Å². The van der Waals surface area contributed by atoms with E-state index in [0.29, 0.717) is 16.4 Å². The van der Waals surface area contributed by atoms with Gasteiger partial charge in [-0.15, -0.1) is 0 Å². The molecule has 5 nitrogen and oxygen atoms in total. The van der Waals surface area contributed by atoms with Crippen LogP contribution in [0.4, 0.5) is 5.13 Å². The summed E-state index contributed by atoms with van der Waals surface area (Å²) in [5.74, 6) is -0.211. The second-order valence-electron chi connectivity index (χ2n) is 6.84. The molecule has 3 aromatic heterocycles.